The summed E-state index contributed by atoms with van der Waals surface area (Å²) in [5.41, 5.74) is 2.85. The Morgan fingerprint density at radius 2 is 1.88 bits per heavy atom. The summed E-state index contributed by atoms with van der Waals surface area (Å²) in [7, 11) is 0. The zero-order valence-electron chi connectivity index (χ0n) is 23.2. The van der Waals surface area contributed by atoms with Crippen molar-refractivity contribution in [3.05, 3.63) is 66.2 Å². The van der Waals surface area contributed by atoms with Crippen LogP contribution in [0.1, 0.15) is 18.4 Å². The van der Waals surface area contributed by atoms with Gasteiger partial charge in [0.2, 0.25) is 0 Å². The van der Waals surface area contributed by atoms with E-state index in [0.717, 1.165) is 33.7 Å². The fraction of sp³-hybridized carbons (Fsp3) is 0.333. The van der Waals surface area contributed by atoms with Crippen molar-refractivity contribution in [2.75, 3.05) is 38.1 Å². The number of halogens is 1. The Hall–Kier alpha value is -4.17. The molecule has 1 saturated heterocycles. The maximum atomic E-state index is 14.9. The number of fused-ring (bicyclic) bond motifs is 1. The molecule has 3 amide bonds. The van der Waals surface area contributed by atoms with Gasteiger partial charge in [-0.2, -0.15) is 0 Å². The molecule has 13 heteroatoms. The van der Waals surface area contributed by atoms with Crippen molar-refractivity contribution in [3.8, 4) is 22.1 Å². The van der Waals surface area contributed by atoms with Gasteiger partial charge in [0.1, 0.15) is 5.75 Å². The van der Waals surface area contributed by atoms with E-state index >= 15 is 0 Å². The first-order valence-corrected chi connectivity index (χ1v) is 14.9. The van der Waals surface area contributed by atoms with Crippen molar-refractivity contribution >= 4 is 39.2 Å². The standard InChI is InChI=1S/C30H31FN6O5S/c31-21-13-20(35-30(41)34-19-2-3-19)4-6-25(21)42-26-7-8-32-23-14-27(43-28(23)26)22-5-1-18(15-33-22)16-36-9-11-37(12-10-36)29(40)24(39)17-38/h1,4-8,13-15,19,24,38-39H,2-3,9-12,16-17H2,(H2,34,35,41)/t24-/m0/s1. The van der Waals surface area contributed by atoms with Crippen molar-refractivity contribution < 1.29 is 28.9 Å². The lowest BCUT2D eigenvalue weighted by Gasteiger charge is -2.35. The van der Waals surface area contributed by atoms with Crippen LogP contribution in [0, 0.1) is 5.82 Å². The predicted octanol–water partition coefficient (Wildman–Crippen LogP) is 3.57. The molecule has 6 rings (SSSR count). The number of benzene rings is 1. The summed E-state index contributed by atoms with van der Waals surface area (Å²) in [6.07, 6.45) is 4.00. The van der Waals surface area contributed by atoms with Crippen molar-refractivity contribution in [2.24, 2.45) is 0 Å². The van der Waals surface area contributed by atoms with E-state index in [9.17, 15) is 19.1 Å². The Labute approximate surface area is 250 Å². The Balaban J connectivity index is 1.09. The molecule has 4 aromatic rings. The largest absolute Gasteiger partial charge is 0.453 e. The third kappa shape index (κ3) is 6.91. The SMILES string of the molecule is O=C(Nc1ccc(Oc2ccnc3cc(-c4ccc(CN5CCN(C(=O)[C@@H](O)CO)CC5)cn4)sc23)c(F)c1)NC1CC1. The molecule has 43 heavy (non-hydrogen) atoms. The molecule has 4 N–H and O–H groups in total. The molecule has 11 nitrogen and oxygen atoms in total. The maximum Gasteiger partial charge on any atom is 0.319 e. The number of aliphatic hydroxyl groups is 2. The van der Waals surface area contributed by atoms with Gasteiger partial charge in [0.05, 0.1) is 27.4 Å². The highest BCUT2D eigenvalue weighted by atomic mass is 32.1. The third-order valence-corrected chi connectivity index (χ3v) is 8.48. The first-order chi connectivity index (χ1) is 20.9. The lowest BCUT2D eigenvalue weighted by Crippen LogP contribution is -2.51. The highest BCUT2D eigenvalue weighted by molar-refractivity contribution is 7.22. The zero-order valence-corrected chi connectivity index (χ0v) is 24.0. The van der Waals surface area contributed by atoms with Crippen LogP contribution in [0.4, 0.5) is 14.9 Å². The van der Waals surface area contributed by atoms with Crippen LogP contribution in [-0.4, -0.2) is 86.9 Å². The van der Waals surface area contributed by atoms with Crippen LogP contribution in [0.3, 0.4) is 0 Å². The average molecular weight is 607 g/mol. The van der Waals surface area contributed by atoms with Gasteiger partial charge < -0.3 is 30.5 Å². The summed E-state index contributed by atoms with van der Waals surface area (Å²) >= 11 is 1.45. The summed E-state index contributed by atoms with van der Waals surface area (Å²) in [4.78, 5) is 37.8. The molecule has 3 aromatic heterocycles. The van der Waals surface area contributed by atoms with E-state index in [4.69, 9.17) is 9.84 Å². The number of aromatic nitrogens is 2. The quantitative estimate of drug-likeness (QED) is 0.227. The van der Waals surface area contributed by atoms with E-state index in [0.29, 0.717) is 49.7 Å². The number of urea groups is 1. The van der Waals surface area contributed by atoms with Crippen molar-refractivity contribution in [3.63, 3.8) is 0 Å². The summed E-state index contributed by atoms with van der Waals surface area (Å²) < 4.78 is 21.6. The van der Waals surface area contributed by atoms with Crippen LogP contribution in [0.2, 0.25) is 0 Å². The molecule has 2 aliphatic rings. The van der Waals surface area contributed by atoms with E-state index < -0.39 is 24.4 Å². The molecule has 0 radical (unpaired) electrons. The van der Waals surface area contributed by atoms with E-state index in [1.165, 1.54) is 23.5 Å². The highest BCUT2D eigenvalue weighted by Gasteiger charge is 2.26. The number of nitrogens with one attached hydrogen (secondary N) is 2. The lowest BCUT2D eigenvalue weighted by molar-refractivity contribution is -0.143. The molecule has 2 fully saturated rings. The zero-order chi connectivity index (χ0) is 29.9. The number of hydrogen-bond donors (Lipinski definition) is 4. The van der Waals surface area contributed by atoms with Crippen LogP contribution in [0.5, 0.6) is 11.5 Å². The second kappa shape index (κ2) is 12.6. The van der Waals surface area contributed by atoms with Crippen LogP contribution in [-0.2, 0) is 11.3 Å². The van der Waals surface area contributed by atoms with E-state index in [-0.39, 0.29) is 17.8 Å². The summed E-state index contributed by atoms with van der Waals surface area (Å²) in [6, 6.07) is 11.7. The maximum absolute atomic E-state index is 14.9. The van der Waals surface area contributed by atoms with Crippen LogP contribution in [0.15, 0.2) is 54.9 Å². The van der Waals surface area contributed by atoms with E-state index in [2.05, 4.69) is 25.5 Å². The van der Waals surface area contributed by atoms with Gasteiger partial charge in [0.25, 0.3) is 5.91 Å². The molecule has 1 atom stereocenters. The molecule has 0 spiro atoms. The van der Waals surface area contributed by atoms with Gasteiger partial charge in [-0.25, -0.2) is 9.18 Å². The highest BCUT2D eigenvalue weighted by Crippen LogP contribution is 2.39. The minimum atomic E-state index is -1.36. The molecule has 1 aliphatic carbocycles. The summed E-state index contributed by atoms with van der Waals surface area (Å²) in [5, 5.41) is 24.0. The average Bonchev–Trinajstić information content (AvgIpc) is 3.72. The van der Waals surface area contributed by atoms with Crippen LogP contribution < -0.4 is 15.4 Å². The first kappa shape index (κ1) is 28.9. The number of piperazine rings is 1. The Morgan fingerprint density at radius 3 is 2.58 bits per heavy atom. The number of pyridine rings is 2. The van der Waals surface area contributed by atoms with E-state index in [1.807, 2.05) is 24.4 Å². The summed E-state index contributed by atoms with van der Waals surface area (Å²) in [6.45, 7) is 2.40. The van der Waals surface area contributed by atoms with E-state index in [1.54, 1.807) is 23.2 Å². The fourth-order valence-corrected chi connectivity index (χ4v) is 5.86. The van der Waals surface area contributed by atoms with Gasteiger partial charge in [-0.15, -0.1) is 11.3 Å². The normalized spacial score (nSPS) is 16.2. The summed E-state index contributed by atoms with van der Waals surface area (Å²) in [5.74, 6) is -0.537. The van der Waals surface area contributed by atoms with Gasteiger partial charge in [0.15, 0.2) is 17.7 Å². The molecule has 224 valence electrons. The molecule has 1 aliphatic heterocycles. The van der Waals surface area contributed by atoms with Gasteiger partial charge in [-0.1, -0.05) is 6.07 Å². The molecular formula is C30H31FN6O5S. The Morgan fingerprint density at radius 1 is 1.07 bits per heavy atom. The monoisotopic (exact) mass is 606 g/mol. The lowest BCUT2D eigenvalue weighted by atomic mass is 10.2. The van der Waals surface area contributed by atoms with Gasteiger partial charge in [0, 0.05) is 69.0 Å². The number of nitrogens with zero attached hydrogens (tertiary/aromatic N) is 4. The van der Waals surface area contributed by atoms with Crippen LogP contribution in [0.25, 0.3) is 20.8 Å². The minimum absolute atomic E-state index is 0.0350. The van der Waals surface area contributed by atoms with Crippen molar-refractivity contribution in [2.45, 2.75) is 31.5 Å². The van der Waals surface area contributed by atoms with Crippen molar-refractivity contribution in [1.82, 2.24) is 25.1 Å². The number of thiophene rings is 1. The second-order valence-corrected chi connectivity index (χ2v) is 11.7. The number of aliphatic hydroxyl groups excluding tert-OH is 2. The molecular weight excluding hydrogens is 575 g/mol. The molecule has 0 bridgehead atoms. The number of rotatable bonds is 9. The van der Waals surface area contributed by atoms with Crippen molar-refractivity contribution in [1.29, 1.82) is 0 Å². The van der Waals surface area contributed by atoms with Gasteiger partial charge >= 0.3 is 6.03 Å². The van der Waals surface area contributed by atoms with Crippen LogP contribution >= 0.6 is 11.3 Å². The molecule has 0 unspecified atom stereocenters. The Kier molecular flexibility index (Phi) is 8.47. The number of amides is 3. The number of anilines is 1. The number of carbonyl (C=O) groups excluding carboxylic acids is 2. The molecule has 1 saturated carbocycles. The topological polar surface area (TPSA) is 140 Å². The van der Waals surface area contributed by atoms with Gasteiger partial charge in [-0.05, 0) is 42.7 Å². The molecule has 1 aromatic carbocycles. The number of ether oxygens (including phenoxy) is 1. The third-order valence-electron chi connectivity index (χ3n) is 7.32. The smallest absolute Gasteiger partial charge is 0.319 e. The minimum Gasteiger partial charge on any atom is -0.453 e. The predicted molar refractivity (Wildman–Crippen MR) is 159 cm³/mol. The molecule has 4 heterocycles. The number of hydrogen-bond acceptors (Lipinski definition) is 9. The number of carbonyl (C=O) groups is 2. The van der Waals surface area contributed by atoms with Gasteiger partial charge in [-0.3, -0.25) is 19.7 Å². The first-order valence-electron chi connectivity index (χ1n) is 14.0. The second-order valence-electron chi connectivity index (χ2n) is 10.6. The Bertz CT molecular complexity index is 1620. The fourth-order valence-electron chi connectivity index (χ4n) is 4.82.